The number of piperidine rings is 1. The molecule has 1 atom stereocenters. The zero-order chi connectivity index (χ0) is 14.5. The largest absolute Gasteiger partial charge is 0.339 e. The molecule has 3 rings (SSSR count). The molecule has 0 amide bonds. The van der Waals surface area contributed by atoms with Gasteiger partial charge in [-0.15, -0.1) is 0 Å². The van der Waals surface area contributed by atoms with Crippen molar-refractivity contribution in [2.24, 2.45) is 0 Å². The maximum absolute atomic E-state index is 5.38. The highest BCUT2D eigenvalue weighted by molar-refractivity contribution is 5.27. The molecule has 1 fully saturated rings. The molecule has 1 saturated heterocycles. The Labute approximate surface area is 126 Å². The average molecular weight is 285 g/mol. The van der Waals surface area contributed by atoms with E-state index in [-0.39, 0.29) is 0 Å². The maximum atomic E-state index is 5.38. The summed E-state index contributed by atoms with van der Waals surface area (Å²) in [6.07, 6.45) is 6.62. The molecule has 1 aliphatic rings. The molecule has 0 aliphatic carbocycles. The van der Waals surface area contributed by atoms with Crippen LogP contribution in [0.3, 0.4) is 0 Å². The fourth-order valence-electron chi connectivity index (χ4n) is 2.91. The van der Waals surface area contributed by atoms with Gasteiger partial charge in [0.2, 0.25) is 5.89 Å². The molecule has 0 bridgehead atoms. The lowest BCUT2D eigenvalue weighted by atomic mass is 10.0. The van der Waals surface area contributed by atoms with Gasteiger partial charge in [-0.25, -0.2) is 0 Å². The van der Waals surface area contributed by atoms with Gasteiger partial charge in [-0.2, -0.15) is 4.98 Å². The van der Waals surface area contributed by atoms with E-state index in [2.05, 4.69) is 46.6 Å². The summed E-state index contributed by atoms with van der Waals surface area (Å²) in [7, 11) is 0. The van der Waals surface area contributed by atoms with Gasteiger partial charge in [-0.05, 0) is 43.9 Å². The van der Waals surface area contributed by atoms with Crippen molar-refractivity contribution >= 4 is 0 Å². The van der Waals surface area contributed by atoms with E-state index in [1.54, 1.807) is 0 Å². The molecule has 4 heteroatoms. The van der Waals surface area contributed by atoms with Gasteiger partial charge in [0, 0.05) is 18.9 Å². The molecule has 112 valence electrons. The number of hydrogen-bond donors (Lipinski definition) is 1. The third-order valence-electron chi connectivity index (χ3n) is 4.24. The van der Waals surface area contributed by atoms with Crippen LogP contribution in [0.4, 0.5) is 0 Å². The monoisotopic (exact) mass is 285 g/mol. The minimum Gasteiger partial charge on any atom is -0.339 e. The number of aromatic nitrogens is 2. The number of rotatable bonds is 5. The normalized spacial score (nSPS) is 18.8. The smallest absolute Gasteiger partial charge is 0.226 e. The molecule has 0 saturated carbocycles. The van der Waals surface area contributed by atoms with Crippen molar-refractivity contribution in [2.75, 3.05) is 6.54 Å². The van der Waals surface area contributed by atoms with Gasteiger partial charge in [-0.3, -0.25) is 0 Å². The van der Waals surface area contributed by atoms with Crippen molar-refractivity contribution in [1.82, 2.24) is 15.5 Å². The van der Waals surface area contributed by atoms with Crippen molar-refractivity contribution in [3.63, 3.8) is 0 Å². The van der Waals surface area contributed by atoms with E-state index in [0.29, 0.717) is 6.04 Å². The number of benzene rings is 1. The number of hydrogen-bond acceptors (Lipinski definition) is 4. The second-order valence-electron chi connectivity index (χ2n) is 5.89. The Kier molecular flexibility index (Phi) is 4.65. The van der Waals surface area contributed by atoms with Crippen LogP contribution >= 0.6 is 0 Å². The molecular formula is C17H23N3O. The van der Waals surface area contributed by atoms with Gasteiger partial charge in [-0.1, -0.05) is 35.8 Å². The average Bonchev–Trinajstić information content (AvgIpc) is 2.96. The SMILES string of the molecule is Cc1ccccc1Cc1noc(CCC2CCCCN2)n1. The van der Waals surface area contributed by atoms with Crippen LogP contribution in [-0.4, -0.2) is 22.7 Å². The van der Waals surface area contributed by atoms with E-state index < -0.39 is 0 Å². The van der Waals surface area contributed by atoms with Gasteiger partial charge >= 0.3 is 0 Å². The molecular weight excluding hydrogens is 262 g/mol. The van der Waals surface area contributed by atoms with E-state index >= 15 is 0 Å². The molecule has 1 aromatic heterocycles. The van der Waals surface area contributed by atoms with Gasteiger partial charge in [0.25, 0.3) is 0 Å². The Balaban J connectivity index is 1.55. The molecule has 1 unspecified atom stereocenters. The summed E-state index contributed by atoms with van der Waals surface area (Å²) in [6.45, 7) is 3.26. The van der Waals surface area contributed by atoms with E-state index in [4.69, 9.17) is 4.52 Å². The van der Waals surface area contributed by atoms with Gasteiger partial charge in [0.15, 0.2) is 5.82 Å². The molecule has 1 aliphatic heterocycles. The van der Waals surface area contributed by atoms with Crippen LogP contribution < -0.4 is 5.32 Å². The minimum absolute atomic E-state index is 0.616. The Morgan fingerprint density at radius 3 is 3.00 bits per heavy atom. The molecule has 1 N–H and O–H groups in total. The van der Waals surface area contributed by atoms with Crippen LogP contribution in [0.2, 0.25) is 0 Å². The fraction of sp³-hybridized carbons (Fsp3) is 0.529. The van der Waals surface area contributed by atoms with Crippen LogP contribution in [-0.2, 0) is 12.8 Å². The van der Waals surface area contributed by atoms with Crippen molar-refractivity contribution in [1.29, 1.82) is 0 Å². The van der Waals surface area contributed by atoms with Crippen molar-refractivity contribution in [3.8, 4) is 0 Å². The molecule has 0 radical (unpaired) electrons. The topological polar surface area (TPSA) is 51.0 Å². The molecule has 2 aromatic rings. The molecule has 4 nitrogen and oxygen atoms in total. The van der Waals surface area contributed by atoms with Gasteiger partial charge in [0.05, 0.1) is 0 Å². The highest BCUT2D eigenvalue weighted by atomic mass is 16.5. The van der Waals surface area contributed by atoms with E-state index in [1.807, 2.05) is 0 Å². The minimum atomic E-state index is 0.616. The summed E-state index contributed by atoms with van der Waals surface area (Å²) >= 11 is 0. The zero-order valence-electron chi connectivity index (χ0n) is 12.6. The summed E-state index contributed by atoms with van der Waals surface area (Å²) in [5.41, 5.74) is 2.54. The van der Waals surface area contributed by atoms with Crippen LogP contribution in [0, 0.1) is 6.92 Å². The summed E-state index contributed by atoms with van der Waals surface area (Å²) in [6, 6.07) is 8.96. The third-order valence-corrected chi connectivity index (χ3v) is 4.24. The first-order valence-electron chi connectivity index (χ1n) is 7.90. The van der Waals surface area contributed by atoms with Gasteiger partial charge in [0.1, 0.15) is 0 Å². The zero-order valence-corrected chi connectivity index (χ0v) is 12.6. The second-order valence-corrected chi connectivity index (χ2v) is 5.89. The predicted molar refractivity (Wildman–Crippen MR) is 82.2 cm³/mol. The highest BCUT2D eigenvalue weighted by Gasteiger charge is 2.14. The first kappa shape index (κ1) is 14.3. The van der Waals surface area contributed by atoms with Crippen molar-refractivity contribution in [3.05, 3.63) is 47.1 Å². The second kappa shape index (κ2) is 6.85. The maximum Gasteiger partial charge on any atom is 0.226 e. The van der Waals surface area contributed by atoms with Crippen molar-refractivity contribution < 1.29 is 4.52 Å². The Morgan fingerprint density at radius 1 is 1.29 bits per heavy atom. The van der Waals surface area contributed by atoms with Crippen LogP contribution in [0.1, 0.15) is 48.5 Å². The fourth-order valence-corrected chi connectivity index (χ4v) is 2.91. The molecule has 0 spiro atoms. The lowest BCUT2D eigenvalue weighted by Crippen LogP contribution is -2.34. The van der Waals surface area contributed by atoms with Crippen LogP contribution in [0.25, 0.3) is 0 Å². The van der Waals surface area contributed by atoms with Gasteiger partial charge < -0.3 is 9.84 Å². The lowest BCUT2D eigenvalue weighted by Gasteiger charge is -2.22. The Morgan fingerprint density at radius 2 is 2.19 bits per heavy atom. The number of nitrogens with one attached hydrogen (secondary N) is 1. The quantitative estimate of drug-likeness (QED) is 0.917. The Bertz CT molecular complexity index is 573. The predicted octanol–water partition coefficient (Wildman–Crippen LogP) is 3.04. The van der Waals surface area contributed by atoms with Crippen LogP contribution in [0.15, 0.2) is 28.8 Å². The number of aryl methyl sites for hydroxylation is 2. The summed E-state index contributed by atoms with van der Waals surface area (Å²) in [5.74, 6) is 1.56. The van der Waals surface area contributed by atoms with Crippen LogP contribution in [0.5, 0.6) is 0 Å². The highest BCUT2D eigenvalue weighted by Crippen LogP contribution is 2.14. The van der Waals surface area contributed by atoms with E-state index in [1.165, 1.54) is 30.4 Å². The van der Waals surface area contributed by atoms with Crippen molar-refractivity contribution in [2.45, 2.75) is 51.5 Å². The first-order chi connectivity index (χ1) is 10.3. The Hall–Kier alpha value is -1.68. The summed E-state index contributed by atoms with van der Waals surface area (Å²) in [4.78, 5) is 4.53. The molecule has 1 aromatic carbocycles. The van der Waals surface area contributed by atoms with E-state index in [0.717, 1.165) is 37.5 Å². The number of nitrogens with zero attached hydrogens (tertiary/aromatic N) is 2. The van der Waals surface area contributed by atoms with E-state index in [9.17, 15) is 0 Å². The lowest BCUT2D eigenvalue weighted by molar-refractivity contribution is 0.341. The molecule has 21 heavy (non-hydrogen) atoms. The standard InChI is InChI=1S/C17H23N3O/c1-13-6-2-3-7-14(13)12-16-19-17(21-20-16)10-9-15-8-4-5-11-18-15/h2-3,6-7,15,18H,4-5,8-12H2,1H3. The molecule has 2 heterocycles. The first-order valence-corrected chi connectivity index (χ1v) is 7.90. The third kappa shape index (κ3) is 3.91. The summed E-state index contributed by atoms with van der Waals surface area (Å²) in [5, 5.41) is 7.66. The summed E-state index contributed by atoms with van der Waals surface area (Å²) < 4.78 is 5.38.